The van der Waals surface area contributed by atoms with Crippen LogP contribution in [-0.2, 0) is 0 Å². The summed E-state index contributed by atoms with van der Waals surface area (Å²) in [5.41, 5.74) is 3.43. The molecular weight excluding hydrogens is 390 g/mol. The zero-order chi connectivity index (χ0) is 21.0. The highest BCUT2D eigenvalue weighted by Gasteiger charge is 2.24. The summed E-state index contributed by atoms with van der Waals surface area (Å²) in [4.78, 5) is 18.5. The van der Waals surface area contributed by atoms with E-state index in [2.05, 4.69) is 0 Å². The van der Waals surface area contributed by atoms with Gasteiger partial charge in [-0.3, -0.25) is 4.79 Å². The highest BCUT2D eigenvalue weighted by Crippen LogP contribution is 2.30. The molecule has 0 bridgehead atoms. The number of rotatable bonds is 12. The van der Waals surface area contributed by atoms with Crippen molar-refractivity contribution in [3.05, 3.63) is 76.7 Å². The van der Waals surface area contributed by atoms with Gasteiger partial charge in [-0.1, -0.05) is 81.0 Å². The number of allylic oxidation sites excluding steroid dienone is 2. The third-order valence-corrected chi connectivity index (χ3v) is 6.36. The molecular formula is C26H31NO2S. The van der Waals surface area contributed by atoms with Crippen LogP contribution in [0, 0.1) is 0 Å². The largest absolute Gasteiger partial charge is 0.396 e. The SMILES string of the molecule is O=C1C(SCCCCCCCCCCO)=CC(=Nc2ccccc2)c2ccccc21. The Balaban J connectivity index is 1.54. The lowest BCUT2D eigenvalue weighted by atomic mass is 9.94. The Hall–Kier alpha value is -2.17. The van der Waals surface area contributed by atoms with E-state index in [1.165, 1.54) is 32.1 Å². The standard InChI is InChI=1S/C26H31NO2S/c28-18-12-5-3-1-2-4-6-13-19-30-25-20-24(27-21-14-8-7-9-15-21)22-16-10-11-17-23(22)26(25)29/h7-11,14-17,20,28H,1-6,12-13,18-19H2. The average molecular weight is 422 g/mol. The topological polar surface area (TPSA) is 49.7 Å². The highest BCUT2D eigenvalue weighted by atomic mass is 32.2. The minimum absolute atomic E-state index is 0.117. The maximum absolute atomic E-state index is 12.9. The molecule has 0 heterocycles. The van der Waals surface area contributed by atoms with Crippen LogP contribution in [-0.4, -0.2) is 29.0 Å². The fourth-order valence-corrected chi connectivity index (χ4v) is 4.61. The van der Waals surface area contributed by atoms with Gasteiger partial charge in [0.05, 0.1) is 16.3 Å². The van der Waals surface area contributed by atoms with Gasteiger partial charge in [-0.05, 0) is 36.8 Å². The zero-order valence-electron chi connectivity index (χ0n) is 17.6. The molecule has 0 aliphatic heterocycles. The second kappa shape index (κ2) is 12.5. The van der Waals surface area contributed by atoms with Crippen LogP contribution in [0.15, 0.2) is 70.6 Å². The van der Waals surface area contributed by atoms with E-state index in [0.29, 0.717) is 6.61 Å². The van der Waals surface area contributed by atoms with E-state index in [1.807, 2.05) is 60.7 Å². The number of para-hydroxylation sites is 1. The van der Waals surface area contributed by atoms with Crippen LogP contribution in [0.1, 0.15) is 67.3 Å². The van der Waals surface area contributed by atoms with Gasteiger partial charge in [0.25, 0.3) is 0 Å². The predicted molar refractivity (Wildman–Crippen MR) is 128 cm³/mol. The second-order valence-corrected chi connectivity index (χ2v) is 8.75. The van der Waals surface area contributed by atoms with Crippen molar-refractivity contribution in [1.29, 1.82) is 0 Å². The van der Waals surface area contributed by atoms with Gasteiger partial charge < -0.3 is 5.11 Å². The van der Waals surface area contributed by atoms with Crippen molar-refractivity contribution in [3.8, 4) is 0 Å². The lowest BCUT2D eigenvalue weighted by Crippen LogP contribution is -2.16. The van der Waals surface area contributed by atoms with E-state index >= 15 is 0 Å². The highest BCUT2D eigenvalue weighted by molar-refractivity contribution is 8.04. The molecule has 0 amide bonds. The first kappa shape index (κ1) is 22.5. The van der Waals surface area contributed by atoms with Crippen molar-refractivity contribution in [2.45, 2.75) is 51.4 Å². The number of aliphatic hydroxyl groups is 1. The summed E-state index contributed by atoms with van der Waals surface area (Å²) in [5.74, 6) is 1.08. The Kier molecular flexibility index (Phi) is 9.39. The Morgan fingerprint density at radius 3 is 2.03 bits per heavy atom. The van der Waals surface area contributed by atoms with Gasteiger partial charge in [0, 0.05) is 17.7 Å². The number of aliphatic imine (C=N–C) groups is 1. The first-order valence-corrected chi connectivity index (χ1v) is 12.0. The molecule has 1 aliphatic carbocycles. The number of hydrogen-bond acceptors (Lipinski definition) is 4. The average Bonchev–Trinajstić information content (AvgIpc) is 2.78. The first-order chi connectivity index (χ1) is 14.8. The van der Waals surface area contributed by atoms with Crippen molar-refractivity contribution in [1.82, 2.24) is 0 Å². The number of Topliss-reactive ketones (excluding diaryl/α,β-unsaturated/α-hetero) is 1. The summed E-state index contributed by atoms with van der Waals surface area (Å²) in [6.07, 6.45) is 11.3. The lowest BCUT2D eigenvalue weighted by Gasteiger charge is -2.17. The summed E-state index contributed by atoms with van der Waals surface area (Å²) in [6, 6.07) is 17.7. The molecule has 0 fully saturated rings. The number of thioether (sulfide) groups is 1. The molecule has 4 heteroatoms. The minimum atomic E-state index is 0.117. The Morgan fingerprint density at radius 2 is 1.33 bits per heavy atom. The monoisotopic (exact) mass is 421 g/mol. The van der Waals surface area contributed by atoms with Crippen molar-refractivity contribution in [2.75, 3.05) is 12.4 Å². The molecule has 0 radical (unpaired) electrons. The molecule has 3 nitrogen and oxygen atoms in total. The molecule has 0 unspecified atom stereocenters. The molecule has 0 saturated carbocycles. The maximum atomic E-state index is 12.9. The minimum Gasteiger partial charge on any atom is -0.396 e. The van der Waals surface area contributed by atoms with Gasteiger partial charge in [0.1, 0.15) is 0 Å². The summed E-state index contributed by atoms with van der Waals surface area (Å²) in [7, 11) is 0. The number of carbonyl (C=O) groups excluding carboxylic acids is 1. The quantitative estimate of drug-likeness (QED) is 0.386. The molecule has 0 atom stereocenters. The van der Waals surface area contributed by atoms with E-state index in [0.717, 1.165) is 52.4 Å². The van der Waals surface area contributed by atoms with Crippen molar-refractivity contribution in [3.63, 3.8) is 0 Å². The van der Waals surface area contributed by atoms with Crippen LogP contribution in [0.2, 0.25) is 0 Å². The van der Waals surface area contributed by atoms with Crippen molar-refractivity contribution in [2.24, 2.45) is 4.99 Å². The third kappa shape index (κ3) is 6.68. The molecule has 1 N–H and O–H groups in total. The summed E-state index contributed by atoms with van der Waals surface area (Å²) < 4.78 is 0. The fourth-order valence-electron chi connectivity index (χ4n) is 3.60. The zero-order valence-corrected chi connectivity index (χ0v) is 18.4. The van der Waals surface area contributed by atoms with Crippen LogP contribution < -0.4 is 0 Å². The first-order valence-electron chi connectivity index (χ1n) is 11.0. The summed E-state index contributed by atoms with van der Waals surface area (Å²) >= 11 is 1.66. The van der Waals surface area contributed by atoms with E-state index in [4.69, 9.17) is 10.1 Å². The van der Waals surface area contributed by atoms with Gasteiger partial charge in [0.2, 0.25) is 0 Å². The maximum Gasteiger partial charge on any atom is 0.200 e. The number of fused-ring (bicyclic) bond motifs is 1. The van der Waals surface area contributed by atoms with Crippen LogP contribution >= 0.6 is 11.8 Å². The van der Waals surface area contributed by atoms with Gasteiger partial charge in [-0.15, -0.1) is 11.8 Å². The van der Waals surface area contributed by atoms with Crippen LogP contribution in [0.5, 0.6) is 0 Å². The number of benzene rings is 2. The molecule has 158 valence electrons. The van der Waals surface area contributed by atoms with E-state index < -0.39 is 0 Å². The van der Waals surface area contributed by atoms with E-state index in [1.54, 1.807) is 11.8 Å². The molecule has 2 aromatic rings. The smallest absolute Gasteiger partial charge is 0.200 e. The molecule has 0 saturated heterocycles. The fraction of sp³-hybridized carbons (Fsp3) is 0.385. The second-order valence-electron chi connectivity index (χ2n) is 7.62. The number of unbranched alkanes of at least 4 members (excludes halogenated alkanes) is 7. The number of hydrogen-bond donors (Lipinski definition) is 1. The van der Waals surface area contributed by atoms with Gasteiger partial charge in [-0.2, -0.15) is 0 Å². The van der Waals surface area contributed by atoms with Gasteiger partial charge in [0.15, 0.2) is 5.78 Å². The number of ketones is 1. The van der Waals surface area contributed by atoms with E-state index in [9.17, 15) is 4.79 Å². The van der Waals surface area contributed by atoms with Gasteiger partial charge >= 0.3 is 0 Å². The van der Waals surface area contributed by atoms with E-state index in [-0.39, 0.29) is 5.78 Å². The third-order valence-electron chi connectivity index (χ3n) is 5.26. The van der Waals surface area contributed by atoms with Gasteiger partial charge in [-0.25, -0.2) is 4.99 Å². The summed E-state index contributed by atoms with van der Waals surface area (Å²) in [6.45, 7) is 0.314. The summed E-state index contributed by atoms with van der Waals surface area (Å²) in [5, 5.41) is 8.80. The van der Waals surface area contributed by atoms with Crippen LogP contribution in [0.4, 0.5) is 5.69 Å². The Labute approximate surface area is 184 Å². The number of carbonyl (C=O) groups is 1. The normalized spacial score (nSPS) is 14.6. The molecule has 0 spiro atoms. The predicted octanol–water partition coefficient (Wildman–Crippen LogP) is 6.73. The molecule has 3 rings (SSSR count). The van der Waals surface area contributed by atoms with Crippen LogP contribution in [0.3, 0.4) is 0 Å². The van der Waals surface area contributed by atoms with Crippen molar-refractivity contribution >= 4 is 28.9 Å². The molecule has 30 heavy (non-hydrogen) atoms. The van der Waals surface area contributed by atoms with Crippen LogP contribution in [0.25, 0.3) is 0 Å². The Morgan fingerprint density at radius 1 is 0.733 bits per heavy atom. The molecule has 0 aromatic heterocycles. The Bertz CT molecular complexity index is 874. The number of nitrogens with zero attached hydrogens (tertiary/aromatic N) is 1. The molecule has 1 aliphatic rings. The number of aliphatic hydroxyl groups excluding tert-OH is 1. The molecule has 2 aromatic carbocycles. The van der Waals surface area contributed by atoms with Crippen molar-refractivity contribution < 1.29 is 9.90 Å². The lowest BCUT2D eigenvalue weighted by molar-refractivity contribution is 0.104.